The number of carbonyl (C=O) groups is 1. The summed E-state index contributed by atoms with van der Waals surface area (Å²) in [7, 11) is 1.77. The molecule has 0 aliphatic carbocycles. The molecule has 1 unspecified atom stereocenters. The van der Waals surface area contributed by atoms with Crippen LogP contribution in [0.15, 0.2) is 16.7 Å². The molecular formula is C10H12BrClN2O2. The Morgan fingerprint density at radius 3 is 2.88 bits per heavy atom. The minimum absolute atomic E-state index is 0.365. The molecule has 0 saturated heterocycles. The first kappa shape index (κ1) is 13.3. The molecule has 1 aromatic rings. The number of anilines is 1. The fourth-order valence-corrected chi connectivity index (χ4v) is 2.04. The molecule has 0 aliphatic rings. The molecule has 0 aromatic carbocycles. The number of hydrogen-bond donors (Lipinski definition) is 1. The van der Waals surface area contributed by atoms with Crippen LogP contribution in [0.2, 0.25) is 5.02 Å². The summed E-state index contributed by atoms with van der Waals surface area (Å²) in [6.07, 6.45) is 1.63. The standard InChI is InChI=1S/C10H12BrClN2O2/c1-6(10(15)16)5-14(2)9-8(12)3-7(11)4-13-9/h3-4,6H,5H2,1-2H3,(H,15,16). The van der Waals surface area contributed by atoms with E-state index in [1.54, 1.807) is 31.1 Å². The molecular weight excluding hydrogens is 295 g/mol. The molecule has 0 saturated carbocycles. The maximum Gasteiger partial charge on any atom is 0.308 e. The first-order chi connectivity index (χ1) is 7.41. The van der Waals surface area contributed by atoms with Crippen LogP contribution in [0.3, 0.4) is 0 Å². The van der Waals surface area contributed by atoms with Crippen LogP contribution < -0.4 is 4.90 Å². The smallest absolute Gasteiger partial charge is 0.308 e. The lowest BCUT2D eigenvalue weighted by Gasteiger charge is -2.21. The fourth-order valence-electron chi connectivity index (χ4n) is 1.26. The molecule has 6 heteroatoms. The van der Waals surface area contributed by atoms with Gasteiger partial charge in [0.05, 0.1) is 10.9 Å². The van der Waals surface area contributed by atoms with E-state index in [1.807, 2.05) is 0 Å². The summed E-state index contributed by atoms with van der Waals surface area (Å²) in [5, 5.41) is 9.30. The zero-order valence-corrected chi connectivity index (χ0v) is 11.3. The number of carboxylic acid groups (broad SMARTS) is 1. The van der Waals surface area contributed by atoms with Crippen molar-refractivity contribution in [2.24, 2.45) is 5.92 Å². The van der Waals surface area contributed by atoms with Crippen molar-refractivity contribution < 1.29 is 9.90 Å². The molecule has 88 valence electrons. The number of halogens is 2. The number of rotatable bonds is 4. The first-order valence-corrected chi connectivity index (χ1v) is 5.84. The van der Waals surface area contributed by atoms with Crippen LogP contribution in [0.1, 0.15) is 6.92 Å². The van der Waals surface area contributed by atoms with E-state index in [9.17, 15) is 4.79 Å². The van der Waals surface area contributed by atoms with E-state index in [-0.39, 0.29) is 0 Å². The summed E-state index contributed by atoms with van der Waals surface area (Å²) in [6, 6.07) is 1.73. The summed E-state index contributed by atoms with van der Waals surface area (Å²) in [5.74, 6) is -0.718. The Hall–Kier alpha value is -0.810. The Labute approximate surface area is 107 Å². The van der Waals surface area contributed by atoms with Crippen molar-refractivity contribution in [3.8, 4) is 0 Å². The third-order valence-corrected chi connectivity index (χ3v) is 2.83. The Morgan fingerprint density at radius 1 is 1.75 bits per heavy atom. The minimum atomic E-state index is -0.833. The quantitative estimate of drug-likeness (QED) is 0.929. The van der Waals surface area contributed by atoms with E-state index < -0.39 is 11.9 Å². The second kappa shape index (κ2) is 5.50. The highest BCUT2D eigenvalue weighted by Gasteiger charge is 2.16. The van der Waals surface area contributed by atoms with E-state index in [4.69, 9.17) is 16.7 Å². The second-order valence-corrected chi connectivity index (χ2v) is 4.90. The van der Waals surface area contributed by atoms with Gasteiger partial charge in [0.25, 0.3) is 0 Å². The monoisotopic (exact) mass is 306 g/mol. The Bertz CT molecular complexity index is 400. The highest BCUT2D eigenvalue weighted by atomic mass is 79.9. The topological polar surface area (TPSA) is 53.4 Å². The number of hydrogen-bond acceptors (Lipinski definition) is 3. The Balaban J connectivity index is 2.80. The van der Waals surface area contributed by atoms with Crippen molar-refractivity contribution in [3.05, 3.63) is 21.8 Å². The van der Waals surface area contributed by atoms with Gasteiger partial charge in [0.1, 0.15) is 5.82 Å². The Morgan fingerprint density at radius 2 is 2.38 bits per heavy atom. The highest BCUT2D eigenvalue weighted by molar-refractivity contribution is 9.10. The van der Waals surface area contributed by atoms with Crippen molar-refractivity contribution in [2.75, 3.05) is 18.5 Å². The molecule has 0 fully saturated rings. The molecule has 0 radical (unpaired) electrons. The van der Waals surface area contributed by atoms with E-state index in [2.05, 4.69) is 20.9 Å². The average Bonchev–Trinajstić information content (AvgIpc) is 2.16. The molecule has 0 spiro atoms. The summed E-state index contributed by atoms with van der Waals surface area (Å²) in [4.78, 5) is 16.6. The predicted molar refractivity (Wildman–Crippen MR) is 67.0 cm³/mol. The third-order valence-electron chi connectivity index (χ3n) is 2.12. The average molecular weight is 308 g/mol. The van der Waals surface area contributed by atoms with Gasteiger partial charge in [0.2, 0.25) is 0 Å². The van der Waals surface area contributed by atoms with Gasteiger partial charge in [0, 0.05) is 24.3 Å². The largest absolute Gasteiger partial charge is 0.481 e. The van der Waals surface area contributed by atoms with E-state index in [1.165, 1.54) is 0 Å². The first-order valence-electron chi connectivity index (χ1n) is 4.66. The van der Waals surface area contributed by atoms with E-state index in [0.717, 1.165) is 4.47 Å². The molecule has 0 amide bonds. The summed E-state index contributed by atoms with van der Waals surface area (Å²) < 4.78 is 0.793. The van der Waals surface area contributed by atoms with Crippen molar-refractivity contribution >= 4 is 39.3 Å². The van der Waals surface area contributed by atoms with Crippen LogP contribution in [-0.2, 0) is 4.79 Å². The van der Waals surface area contributed by atoms with Crippen LogP contribution in [0, 0.1) is 5.92 Å². The van der Waals surface area contributed by atoms with Crippen molar-refractivity contribution in [3.63, 3.8) is 0 Å². The summed E-state index contributed by atoms with van der Waals surface area (Å²) in [5.41, 5.74) is 0. The summed E-state index contributed by atoms with van der Waals surface area (Å²) >= 11 is 9.27. The molecule has 16 heavy (non-hydrogen) atoms. The zero-order valence-electron chi connectivity index (χ0n) is 8.94. The number of aromatic nitrogens is 1. The SMILES string of the molecule is CC(CN(C)c1ncc(Br)cc1Cl)C(=O)O. The number of nitrogens with zero attached hydrogens (tertiary/aromatic N) is 2. The molecule has 1 heterocycles. The molecule has 1 N–H and O–H groups in total. The predicted octanol–water partition coefficient (Wildman–Crippen LogP) is 2.65. The molecule has 4 nitrogen and oxygen atoms in total. The molecule has 0 aliphatic heterocycles. The van der Waals surface area contributed by atoms with Gasteiger partial charge in [-0.15, -0.1) is 0 Å². The van der Waals surface area contributed by atoms with Crippen LogP contribution in [0.5, 0.6) is 0 Å². The van der Waals surface area contributed by atoms with Crippen molar-refractivity contribution in [2.45, 2.75) is 6.92 Å². The molecule has 1 aromatic heterocycles. The van der Waals surface area contributed by atoms with Gasteiger partial charge in [-0.05, 0) is 22.0 Å². The fraction of sp³-hybridized carbons (Fsp3) is 0.400. The van der Waals surface area contributed by atoms with Crippen molar-refractivity contribution in [1.82, 2.24) is 4.98 Å². The minimum Gasteiger partial charge on any atom is -0.481 e. The highest BCUT2D eigenvalue weighted by Crippen LogP contribution is 2.25. The number of aliphatic carboxylic acids is 1. The van der Waals surface area contributed by atoms with Crippen molar-refractivity contribution in [1.29, 1.82) is 0 Å². The lowest BCUT2D eigenvalue weighted by Crippen LogP contribution is -2.29. The molecule has 1 rings (SSSR count). The van der Waals surface area contributed by atoms with Gasteiger partial charge in [-0.2, -0.15) is 0 Å². The molecule has 1 atom stereocenters. The molecule has 0 bridgehead atoms. The Kier molecular flexibility index (Phi) is 4.56. The zero-order chi connectivity index (χ0) is 12.3. The van der Waals surface area contributed by atoms with E-state index in [0.29, 0.717) is 17.4 Å². The maximum absolute atomic E-state index is 10.7. The number of pyridine rings is 1. The van der Waals surface area contributed by atoms with Gasteiger partial charge in [-0.3, -0.25) is 4.79 Å². The van der Waals surface area contributed by atoms with Gasteiger partial charge in [-0.1, -0.05) is 18.5 Å². The second-order valence-electron chi connectivity index (χ2n) is 3.58. The third kappa shape index (κ3) is 3.35. The van der Waals surface area contributed by atoms with Gasteiger partial charge in [0.15, 0.2) is 0 Å². The van der Waals surface area contributed by atoms with Gasteiger partial charge >= 0.3 is 5.97 Å². The number of carboxylic acids is 1. The normalized spacial score (nSPS) is 12.2. The van der Waals surface area contributed by atoms with Crippen LogP contribution in [-0.4, -0.2) is 29.7 Å². The lowest BCUT2D eigenvalue weighted by atomic mass is 10.2. The lowest BCUT2D eigenvalue weighted by molar-refractivity contribution is -0.140. The van der Waals surface area contributed by atoms with Crippen LogP contribution in [0.4, 0.5) is 5.82 Å². The maximum atomic E-state index is 10.7. The van der Waals surface area contributed by atoms with Gasteiger partial charge < -0.3 is 10.0 Å². The summed E-state index contributed by atoms with van der Waals surface area (Å²) in [6.45, 7) is 2.01. The van der Waals surface area contributed by atoms with Crippen LogP contribution >= 0.6 is 27.5 Å². The van der Waals surface area contributed by atoms with Gasteiger partial charge in [-0.25, -0.2) is 4.98 Å². The van der Waals surface area contributed by atoms with Crippen LogP contribution in [0.25, 0.3) is 0 Å². The van der Waals surface area contributed by atoms with E-state index >= 15 is 0 Å².